The van der Waals surface area contributed by atoms with Gasteiger partial charge in [-0.3, -0.25) is 9.89 Å². The molecule has 2 aromatic rings. The number of hydrogen-bond donors (Lipinski definition) is 3. The van der Waals surface area contributed by atoms with Gasteiger partial charge < -0.3 is 10.7 Å². The molecule has 16 heavy (non-hydrogen) atoms. The minimum atomic E-state index is -0.242. The first kappa shape index (κ1) is 10.3. The highest BCUT2D eigenvalue weighted by Gasteiger charge is 2.14. The number of nitrogens with one attached hydrogen (secondary N) is 2. The molecule has 2 rings (SSSR count). The number of anilines is 1. The van der Waals surface area contributed by atoms with Crippen LogP contribution in [0.1, 0.15) is 25.3 Å². The van der Waals surface area contributed by atoms with Gasteiger partial charge in [-0.05, 0) is 5.92 Å². The predicted octanol–water partition coefficient (Wildman–Crippen LogP) is 0.261. The molecule has 0 spiro atoms. The third-order valence-corrected chi connectivity index (χ3v) is 2.20. The highest BCUT2D eigenvalue weighted by Crippen LogP contribution is 2.16. The average Bonchev–Trinajstić information content (AvgIpc) is 2.67. The van der Waals surface area contributed by atoms with Crippen molar-refractivity contribution < 1.29 is 0 Å². The highest BCUT2D eigenvalue weighted by molar-refractivity contribution is 5.49. The van der Waals surface area contributed by atoms with Crippen molar-refractivity contribution in [1.29, 1.82) is 0 Å². The SMILES string of the molecule is CC(C)c1c(N)nc(-c2ncn[nH]2)[nH]c1=O. The van der Waals surface area contributed by atoms with Gasteiger partial charge >= 0.3 is 0 Å². The number of H-pyrrole nitrogens is 2. The molecule has 0 aliphatic carbocycles. The molecule has 0 unspecified atom stereocenters. The zero-order chi connectivity index (χ0) is 11.7. The smallest absolute Gasteiger partial charge is 0.256 e. The average molecular weight is 220 g/mol. The second-order valence-corrected chi connectivity index (χ2v) is 3.70. The lowest BCUT2D eigenvalue weighted by molar-refractivity contribution is 0.835. The Labute approximate surface area is 91.1 Å². The normalized spacial score (nSPS) is 10.9. The maximum absolute atomic E-state index is 11.8. The summed E-state index contributed by atoms with van der Waals surface area (Å²) in [6.07, 6.45) is 1.34. The molecule has 84 valence electrons. The molecule has 0 atom stereocenters. The molecule has 0 radical (unpaired) electrons. The van der Waals surface area contributed by atoms with Crippen LogP contribution in [0.4, 0.5) is 5.82 Å². The summed E-state index contributed by atoms with van der Waals surface area (Å²) in [5.41, 5.74) is 5.98. The molecular weight excluding hydrogens is 208 g/mol. The van der Waals surface area contributed by atoms with Gasteiger partial charge in [-0.1, -0.05) is 13.8 Å². The summed E-state index contributed by atoms with van der Waals surface area (Å²) in [5, 5.41) is 6.28. The van der Waals surface area contributed by atoms with Crippen molar-refractivity contribution in [3.8, 4) is 11.6 Å². The fraction of sp³-hybridized carbons (Fsp3) is 0.333. The van der Waals surface area contributed by atoms with Crippen LogP contribution in [-0.2, 0) is 0 Å². The third kappa shape index (κ3) is 1.67. The van der Waals surface area contributed by atoms with E-state index in [0.29, 0.717) is 17.2 Å². The van der Waals surface area contributed by atoms with E-state index in [1.165, 1.54) is 6.33 Å². The Bertz CT molecular complexity index is 542. The van der Waals surface area contributed by atoms with Crippen molar-refractivity contribution in [3.05, 3.63) is 22.2 Å². The second kappa shape index (κ2) is 3.76. The van der Waals surface area contributed by atoms with E-state index in [1.54, 1.807) is 0 Å². The van der Waals surface area contributed by atoms with Gasteiger partial charge in [-0.2, -0.15) is 5.10 Å². The van der Waals surface area contributed by atoms with E-state index in [9.17, 15) is 4.79 Å². The van der Waals surface area contributed by atoms with E-state index >= 15 is 0 Å². The summed E-state index contributed by atoms with van der Waals surface area (Å²) in [5.74, 6) is 0.939. The minimum Gasteiger partial charge on any atom is -0.383 e. The van der Waals surface area contributed by atoms with Crippen LogP contribution in [0.5, 0.6) is 0 Å². The Morgan fingerprint density at radius 1 is 1.38 bits per heavy atom. The van der Waals surface area contributed by atoms with Crippen LogP contribution in [0.3, 0.4) is 0 Å². The van der Waals surface area contributed by atoms with Crippen molar-refractivity contribution in [3.63, 3.8) is 0 Å². The number of nitrogens with zero attached hydrogens (tertiary/aromatic N) is 3. The lowest BCUT2D eigenvalue weighted by Gasteiger charge is -2.07. The number of nitrogen functional groups attached to an aromatic ring is 1. The molecule has 7 heteroatoms. The number of aromatic amines is 2. The molecule has 7 nitrogen and oxygen atoms in total. The Balaban J connectivity index is 2.58. The van der Waals surface area contributed by atoms with Crippen LogP contribution in [0.15, 0.2) is 11.1 Å². The van der Waals surface area contributed by atoms with Crippen molar-refractivity contribution in [2.24, 2.45) is 0 Å². The first-order valence-corrected chi connectivity index (χ1v) is 4.85. The van der Waals surface area contributed by atoms with Crippen molar-refractivity contribution in [2.45, 2.75) is 19.8 Å². The zero-order valence-electron chi connectivity index (χ0n) is 8.98. The van der Waals surface area contributed by atoms with E-state index in [0.717, 1.165) is 0 Å². The maximum atomic E-state index is 11.8. The highest BCUT2D eigenvalue weighted by atomic mass is 16.1. The number of aromatic nitrogens is 5. The summed E-state index contributed by atoms with van der Waals surface area (Å²) < 4.78 is 0. The minimum absolute atomic E-state index is 0.0278. The van der Waals surface area contributed by atoms with Crippen molar-refractivity contribution >= 4 is 5.82 Å². The van der Waals surface area contributed by atoms with E-state index in [1.807, 2.05) is 13.8 Å². The fourth-order valence-corrected chi connectivity index (χ4v) is 1.49. The van der Waals surface area contributed by atoms with E-state index < -0.39 is 0 Å². The van der Waals surface area contributed by atoms with Crippen molar-refractivity contribution in [1.82, 2.24) is 25.1 Å². The van der Waals surface area contributed by atoms with Crippen LogP contribution in [0.25, 0.3) is 11.6 Å². The zero-order valence-corrected chi connectivity index (χ0v) is 8.98. The molecule has 2 heterocycles. The van der Waals surface area contributed by atoms with Gasteiger partial charge in [-0.25, -0.2) is 9.97 Å². The molecule has 0 saturated heterocycles. The van der Waals surface area contributed by atoms with Gasteiger partial charge in [0, 0.05) is 0 Å². The fourth-order valence-electron chi connectivity index (χ4n) is 1.49. The third-order valence-electron chi connectivity index (χ3n) is 2.20. The molecule has 0 aromatic carbocycles. The summed E-state index contributed by atoms with van der Waals surface area (Å²) in [7, 11) is 0. The van der Waals surface area contributed by atoms with Gasteiger partial charge in [0.15, 0.2) is 11.6 Å². The molecule has 0 fully saturated rings. The van der Waals surface area contributed by atoms with Crippen LogP contribution < -0.4 is 11.3 Å². The monoisotopic (exact) mass is 220 g/mol. The Morgan fingerprint density at radius 3 is 2.62 bits per heavy atom. The van der Waals surface area contributed by atoms with Gasteiger partial charge in [0.25, 0.3) is 5.56 Å². The molecule has 0 aliphatic rings. The standard InChI is InChI=1S/C9H12N6O/c1-4(2)5-6(10)13-8(14-9(5)16)7-11-3-12-15-7/h3-4H,1-2H3,(H,11,12,15)(H3,10,13,14,16). The molecule has 0 aliphatic heterocycles. The number of hydrogen-bond acceptors (Lipinski definition) is 5. The molecule has 0 amide bonds. The van der Waals surface area contributed by atoms with Crippen LogP contribution >= 0.6 is 0 Å². The van der Waals surface area contributed by atoms with Crippen LogP contribution in [0, 0.1) is 0 Å². The van der Waals surface area contributed by atoms with E-state index in [4.69, 9.17) is 5.73 Å². The number of nitrogens with two attached hydrogens (primary N) is 1. The van der Waals surface area contributed by atoms with Crippen LogP contribution in [-0.4, -0.2) is 25.1 Å². The summed E-state index contributed by atoms with van der Waals surface area (Å²) in [6.45, 7) is 3.77. The van der Waals surface area contributed by atoms with Gasteiger partial charge in [0.05, 0.1) is 5.56 Å². The van der Waals surface area contributed by atoms with E-state index in [-0.39, 0.29) is 17.3 Å². The number of rotatable bonds is 2. The van der Waals surface area contributed by atoms with E-state index in [2.05, 4.69) is 25.1 Å². The lowest BCUT2D eigenvalue weighted by Crippen LogP contribution is -2.19. The Hall–Kier alpha value is -2.18. The summed E-state index contributed by atoms with van der Waals surface area (Å²) in [6, 6.07) is 0. The Morgan fingerprint density at radius 2 is 2.12 bits per heavy atom. The predicted molar refractivity (Wildman–Crippen MR) is 58.7 cm³/mol. The van der Waals surface area contributed by atoms with Gasteiger partial charge in [0.2, 0.25) is 0 Å². The van der Waals surface area contributed by atoms with Gasteiger partial charge in [-0.15, -0.1) is 0 Å². The largest absolute Gasteiger partial charge is 0.383 e. The topological polar surface area (TPSA) is 113 Å². The Kier molecular flexibility index (Phi) is 2.43. The van der Waals surface area contributed by atoms with Crippen molar-refractivity contribution in [2.75, 3.05) is 5.73 Å². The lowest BCUT2D eigenvalue weighted by atomic mass is 10.1. The summed E-state index contributed by atoms with van der Waals surface area (Å²) in [4.78, 5) is 22.4. The molecular formula is C9H12N6O. The van der Waals surface area contributed by atoms with Gasteiger partial charge in [0.1, 0.15) is 12.1 Å². The molecule has 0 bridgehead atoms. The molecule has 2 aromatic heterocycles. The second-order valence-electron chi connectivity index (χ2n) is 3.70. The first-order chi connectivity index (χ1) is 7.59. The first-order valence-electron chi connectivity index (χ1n) is 4.85. The van der Waals surface area contributed by atoms with Crippen LogP contribution in [0.2, 0.25) is 0 Å². The molecule has 0 saturated carbocycles. The maximum Gasteiger partial charge on any atom is 0.256 e. The molecule has 4 N–H and O–H groups in total. The summed E-state index contributed by atoms with van der Waals surface area (Å²) >= 11 is 0. The quantitative estimate of drug-likeness (QED) is 0.671.